The van der Waals surface area contributed by atoms with Crippen LogP contribution in [0.15, 0.2) is 24.3 Å². The van der Waals surface area contributed by atoms with Gasteiger partial charge in [0.1, 0.15) is 0 Å². The summed E-state index contributed by atoms with van der Waals surface area (Å²) in [4.78, 5) is 11.8. The van der Waals surface area contributed by atoms with Gasteiger partial charge in [-0.3, -0.25) is 4.79 Å². The second kappa shape index (κ2) is 4.52. The van der Waals surface area contributed by atoms with Gasteiger partial charge in [-0.05, 0) is 49.9 Å². The third-order valence-corrected chi connectivity index (χ3v) is 2.70. The highest BCUT2D eigenvalue weighted by molar-refractivity contribution is 5.94. The number of rotatable bonds is 2. The van der Waals surface area contributed by atoms with Crippen molar-refractivity contribution in [1.82, 2.24) is 5.32 Å². The highest BCUT2D eigenvalue weighted by Crippen LogP contribution is 2.20. The summed E-state index contributed by atoms with van der Waals surface area (Å²) in [6, 6.07) is 6.12. The van der Waals surface area contributed by atoms with Crippen molar-refractivity contribution < 1.29 is 4.79 Å². The van der Waals surface area contributed by atoms with Gasteiger partial charge in [-0.2, -0.15) is 0 Å². The van der Waals surface area contributed by atoms with Crippen molar-refractivity contribution in [1.29, 1.82) is 0 Å². The van der Waals surface area contributed by atoms with E-state index < -0.39 is 0 Å². The number of amides is 1. The first-order chi connectivity index (χ1) is 7.66. The molecule has 0 bridgehead atoms. The topological polar surface area (TPSA) is 29.1 Å². The molecule has 1 N–H and O–H groups in total. The Morgan fingerprint density at radius 1 is 1.38 bits per heavy atom. The van der Waals surface area contributed by atoms with Gasteiger partial charge in [-0.25, -0.2) is 0 Å². The third kappa shape index (κ3) is 2.32. The Labute approximate surface area is 96.4 Å². The highest BCUT2D eigenvalue weighted by atomic mass is 16.1. The first kappa shape index (κ1) is 10.9. The van der Waals surface area contributed by atoms with Crippen LogP contribution >= 0.6 is 0 Å². The number of fused-ring (bicyclic) bond motifs is 1. The van der Waals surface area contributed by atoms with Crippen LogP contribution in [0.25, 0.3) is 6.08 Å². The standard InChI is InChI=1S/C14H17NO/c1-10(2)15-14(16)13-8-7-11-5-3-4-6-12(11)9-13/h3,5,7-10H,4,6H2,1-2H3,(H,15,16). The van der Waals surface area contributed by atoms with Crippen molar-refractivity contribution in [3.05, 3.63) is 41.0 Å². The van der Waals surface area contributed by atoms with Crippen LogP contribution in [0.3, 0.4) is 0 Å². The van der Waals surface area contributed by atoms with E-state index in [-0.39, 0.29) is 11.9 Å². The third-order valence-electron chi connectivity index (χ3n) is 2.70. The minimum Gasteiger partial charge on any atom is -0.350 e. The number of aryl methyl sites for hydroxylation is 1. The molecule has 0 atom stereocenters. The minimum absolute atomic E-state index is 0.0207. The largest absolute Gasteiger partial charge is 0.350 e. The fraction of sp³-hybridized carbons (Fsp3) is 0.357. The number of benzene rings is 1. The van der Waals surface area contributed by atoms with Crippen LogP contribution in [-0.2, 0) is 6.42 Å². The van der Waals surface area contributed by atoms with Gasteiger partial charge in [0.25, 0.3) is 5.91 Å². The quantitative estimate of drug-likeness (QED) is 0.807. The molecule has 0 unspecified atom stereocenters. The van der Waals surface area contributed by atoms with Crippen molar-refractivity contribution in [3.8, 4) is 0 Å². The Morgan fingerprint density at radius 2 is 2.19 bits per heavy atom. The van der Waals surface area contributed by atoms with Gasteiger partial charge in [0.2, 0.25) is 0 Å². The molecule has 1 aliphatic rings. The highest BCUT2D eigenvalue weighted by Gasteiger charge is 2.10. The number of nitrogens with one attached hydrogen (secondary N) is 1. The monoisotopic (exact) mass is 215 g/mol. The second-order valence-electron chi connectivity index (χ2n) is 4.48. The maximum Gasteiger partial charge on any atom is 0.251 e. The zero-order valence-electron chi connectivity index (χ0n) is 9.79. The summed E-state index contributed by atoms with van der Waals surface area (Å²) < 4.78 is 0. The Morgan fingerprint density at radius 3 is 2.94 bits per heavy atom. The minimum atomic E-state index is 0.0207. The fourth-order valence-electron chi connectivity index (χ4n) is 1.92. The number of hydrogen-bond acceptors (Lipinski definition) is 1. The SMILES string of the molecule is CC(C)NC(=O)c1ccc2c(c1)CCC=C2. The van der Waals surface area contributed by atoms with E-state index in [0.717, 1.165) is 18.4 Å². The molecule has 0 saturated carbocycles. The lowest BCUT2D eigenvalue weighted by atomic mass is 9.95. The molecule has 1 aromatic carbocycles. The zero-order chi connectivity index (χ0) is 11.5. The summed E-state index contributed by atoms with van der Waals surface area (Å²) in [5, 5.41) is 2.91. The van der Waals surface area contributed by atoms with E-state index in [2.05, 4.69) is 17.5 Å². The molecule has 0 radical (unpaired) electrons. The molecule has 2 heteroatoms. The molecular weight excluding hydrogens is 198 g/mol. The Bertz CT molecular complexity index is 432. The molecule has 0 aliphatic heterocycles. The van der Waals surface area contributed by atoms with E-state index in [1.807, 2.05) is 32.0 Å². The molecule has 1 aliphatic carbocycles. The average molecular weight is 215 g/mol. The lowest BCUT2D eigenvalue weighted by Crippen LogP contribution is -2.30. The number of carbonyl (C=O) groups excluding carboxylic acids is 1. The molecular formula is C14H17NO. The van der Waals surface area contributed by atoms with Gasteiger partial charge in [-0.15, -0.1) is 0 Å². The van der Waals surface area contributed by atoms with E-state index in [1.54, 1.807) is 0 Å². The van der Waals surface area contributed by atoms with Crippen LogP contribution in [-0.4, -0.2) is 11.9 Å². The van der Waals surface area contributed by atoms with E-state index in [9.17, 15) is 4.79 Å². The van der Waals surface area contributed by atoms with Crippen LogP contribution in [0, 0.1) is 0 Å². The lowest BCUT2D eigenvalue weighted by Gasteiger charge is -2.13. The Balaban J connectivity index is 2.24. The number of hydrogen-bond donors (Lipinski definition) is 1. The molecule has 2 rings (SSSR count). The predicted octanol–water partition coefficient (Wildman–Crippen LogP) is 2.78. The molecule has 0 fully saturated rings. The van der Waals surface area contributed by atoms with Crippen LogP contribution in [0.2, 0.25) is 0 Å². The van der Waals surface area contributed by atoms with Crippen LogP contribution < -0.4 is 5.32 Å². The Hall–Kier alpha value is -1.57. The summed E-state index contributed by atoms with van der Waals surface area (Å²) in [6.45, 7) is 3.94. The summed E-state index contributed by atoms with van der Waals surface area (Å²) in [5.41, 5.74) is 3.29. The molecule has 0 spiro atoms. The van der Waals surface area contributed by atoms with Crippen molar-refractivity contribution in [2.45, 2.75) is 32.7 Å². The van der Waals surface area contributed by atoms with Crippen molar-refractivity contribution >= 4 is 12.0 Å². The number of carbonyl (C=O) groups is 1. The molecule has 0 saturated heterocycles. The summed E-state index contributed by atoms with van der Waals surface area (Å²) in [7, 11) is 0. The summed E-state index contributed by atoms with van der Waals surface area (Å²) >= 11 is 0. The van der Waals surface area contributed by atoms with E-state index in [4.69, 9.17) is 0 Å². The smallest absolute Gasteiger partial charge is 0.251 e. The van der Waals surface area contributed by atoms with E-state index in [0.29, 0.717) is 0 Å². The maximum atomic E-state index is 11.8. The van der Waals surface area contributed by atoms with Crippen molar-refractivity contribution in [3.63, 3.8) is 0 Å². The van der Waals surface area contributed by atoms with Gasteiger partial charge < -0.3 is 5.32 Å². The predicted molar refractivity (Wildman–Crippen MR) is 66.4 cm³/mol. The summed E-state index contributed by atoms with van der Waals surface area (Å²) in [5.74, 6) is 0.0207. The average Bonchev–Trinajstić information content (AvgIpc) is 2.27. The van der Waals surface area contributed by atoms with Crippen LogP contribution in [0.4, 0.5) is 0 Å². The Kier molecular flexibility index (Phi) is 3.09. The van der Waals surface area contributed by atoms with Gasteiger partial charge >= 0.3 is 0 Å². The first-order valence-electron chi connectivity index (χ1n) is 5.77. The van der Waals surface area contributed by atoms with Gasteiger partial charge in [0.05, 0.1) is 0 Å². The molecule has 2 nitrogen and oxygen atoms in total. The molecule has 84 valence electrons. The van der Waals surface area contributed by atoms with Crippen molar-refractivity contribution in [2.75, 3.05) is 0 Å². The van der Waals surface area contributed by atoms with Gasteiger partial charge in [-0.1, -0.05) is 18.2 Å². The van der Waals surface area contributed by atoms with Gasteiger partial charge in [0, 0.05) is 11.6 Å². The van der Waals surface area contributed by atoms with Crippen LogP contribution in [0.5, 0.6) is 0 Å². The first-order valence-corrected chi connectivity index (χ1v) is 5.77. The van der Waals surface area contributed by atoms with E-state index in [1.165, 1.54) is 11.1 Å². The molecule has 16 heavy (non-hydrogen) atoms. The molecule has 1 aromatic rings. The molecule has 0 aromatic heterocycles. The summed E-state index contributed by atoms with van der Waals surface area (Å²) in [6.07, 6.45) is 6.41. The second-order valence-corrected chi connectivity index (χ2v) is 4.48. The maximum absolute atomic E-state index is 11.8. The normalized spacial score (nSPS) is 13.7. The lowest BCUT2D eigenvalue weighted by molar-refractivity contribution is 0.0943. The molecule has 1 amide bonds. The molecule has 0 heterocycles. The van der Waals surface area contributed by atoms with Crippen LogP contribution in [0.1, 0.15) is 41.8 Å². The fourth-order valence-corrected chi connectivity index (χ4v) is 1.92. The van der Waals surface area contributed by atoms with Gasteiger partial charge in [0.15, 0.2) is 0 Å². The van der Waals surface area contributed by atoms with Crippen molar-refractivity contribution in [2.24, 2.45) is 0 Å². The number of allylic oxidation sites excluding steroid dienone is 1. The van der Waals surface area contributed by atoms with E-state index >= 15 is 0 Å². The zero-order valence-corrected chi connectivity index (χ0v) is 9.79.